The predicted octanol–water partition coefficient (Wildman–Crippen LogP) is 4.14. The zero-order valence-corrected chi connectivity index (χ0v) is 23.6. The number of rotatable bonds is 7. The molecule has 2 aromatic rings. The summed E-state index contributed by atoms with van der Waals surface area (Å²) in [5.41, 5.74) is 0.0821. The Hall–Kier alpha value is -2.98. The van der Waals surface area contributed by atoms with Crippen molar-refractivity contribution >= 4 is 21.8 Å². The van der Waals surface area contributed by atoms with Crippen LogP contribution >= 0.6 is 0 Å². The molecule has 204 valence electrons. The van der Waals surface area contributed by atoms with E-state index in [9.17, 15) is 18.3 Å². The third kappa shape index (κ3) is 6.30. The third-order valence-electron chi connectivity index (χ3n) is 6.55. The molecule has 0 saturated carbocycles. The van der Waals surface area contributed by atoms with Gasteiger partial charge in [-0.3, -0.25) is 4.31 Å². The molecular weight excluding hydrogens is 496 g/mol. The molecule has 1 aliphatic rings. The number of carbonyl (C=O) groups excluding carboxylic acids is 1. The highest BCUT2D eigenvalue weighted by atomic mass is 32.2. The molecule has 0 unspecified atom stereocenters. The molecule has 1 N–H and O–H groups in total. The maximum Gasteiger partial charge on any atom is 0.410 e. The number of benzene rings is 2. The summed E-state index contributed by atoms with van der Waals surface area (Å²) in [6.45, 7) is 9.56. The third-order valence-corrected chi connectivity index (χ3v) is 7.74. The normalized spacial score (nSPS) is 18.8. The Morgan fingerprint density at radius 3 is 2.32 bits per heavy atom. The Morgan fingerprint density at radius 2 is 1.78 bits per heavy atom. The second kappa shape index (κ2) is 10.4. The van der Waals surface area contributed by atoms with Gasteiger partial charge in [-0.1, -0.05) is 30.3 Å². The van der Waals surface area contributed by atoms with Crippen molar-refractivity contribution in [1.82, 2.24) is 4.90 Å². The number of methoxy groups -OCH3 is 1. The van der Waals surface area contributed by atoms with E-state index in [0.717, 1.165) is 16.1 Å². The van der Waals surface area contributed by atoms with Crippen LogP contribution in [0.15, 0.2) is 42.5 Å². The molecule has 0 aliphatic carbocycles. The maximum atomic E-state index is 13.5. The molecule has 3 rings (SSSR count). The van der Waals surface area contributed by atoms with Crippen molar-refractivity contribution in [3.05, 3.63) is 53.6 Å². The lowest BCUT2D eigenvalue weighted by molar-refractivity contribution is -0.119. The highest BCUT2D eigenvalue weighted by Gasteiger charge is 2.47. The number of aliphatic hydroxyl groups is 1. The number of ether oxygens (including phenoxy) is 3. The number of amides is 1. The molecule has 0 spiro atoms. The van der Waals surface area contributed by atoms with E-state index in [1.54, 1.807) is 24.8 Å². The second-order valence-corrected chi connectivity index (χ2v) is 12.8. The number of aliphatic hydroxyl groups excluding tert-OH is 1. The summed E-state index contributed by atoms with van der Waals surface area (Å²) in [6.07, 6.45) is -1.11. The molecule has 1 amide bonds. The monoisotopic (exact) mass is 534 g/mol. The molecule has 10 heteroatoms. The molecule has 2 aromatic carbocycles. The lowest BCUT2D eigenvalue weighted by atomic mass is 9.88. The first-order chi connectivity index (χ1) is 17.1. The van der Waals surface area contributed by atoms with E-state index in [1.165, 1.54) is 20.2 Å². The van der Waals surface area contributed by atoms with Crippen molar-refractivity contribution in [2.45, 2.75) is 64.4 Å². The Labute approximate surface area is 220 Å². The number of anilines is 1. The molecule has 0 aromatic heterocycles. The van der Waals surface area contributed by atoms with E-state index < -0.39 is 39.5 Å². The van der Waals surface area contributed by atoms with Crippen LogP contribution in [0.3, 0.4) is 0 Å². The summed E-state index contributed by atoms with van der Waals surface area (Å²) in [5, 5.41) is 11.2. The van der Waals surface area contributed by atoms with Gasteiger partial charge in [0, 0.05) is 30.8 Å². The molecule has 37 heavy (non-hydrogen) atoms. The van der Waals surface area contributed by atoms with Gasteiger partial charge in [-0.2, -0.15) is 0 Å². The van der Waals surface area contributed by atoms with Crippen LogP contribution in [0.5, 0.6) is 11.5 Å². The molecule has 1 heterocycles. The van der Waals surface area contributed by atoms with E-state index in [4.69, 9.17) is 14.2 Å². The molecule has 9 nitrogen and oxygen atoms in total. The molecular formula is C27H38N2O7S. The van der Waals surface area contributed by atoms with Gasteiger partial charge < -0.3 is 24.2 Å². The molecule has 2 atom stereocenters. The SMILES string of the molecule is COc1cc2c(cc1N(C)S(C)(=O)=O)OC(C)(C)[C@H](O)[C@H]2OC(=O)N(CCc1ccccc1)C(C)(C)C. The van der Waals surface area contributed by atoms with E-state index in [0.29, 0.717) is 24.3 Å². The van der Waals surface area contributed by atoms with Crippen molar-refractivity contribution in [1.29, 1.82) is 0 Å². The van der Waals surface area contributed by atoms with Crippen LogP contribution < -0.4 is 13.8 Å². The van der Waals surface area contributed by atoms with Gasteiger partial charge >= 0.3 is 6.09 Å². The minimum absolute atomic E-state index is 0.236. The predicted molar refractivity (Wildman–Crippen MR) is 143 cm³/mol. The molecule has 0 radical (unpaired) electrons. The van der Waals surface area contributed by atoms with Gasteiger partial charge in [0.25, 0.3) is 0 Å². The summed E-state index contributed by atoms with van der Waals surface area (Å²) in [5.74, 6) is 0.533. The summed E-state index contributed by atoms with van der Waals surface area (Å²) < 4.78 is 43.0. The number of hydrogen-bond acceptors (Lipinski definition) is 7. The Kier molecular flexibility index (Phi) is 8.05. The first kappa shape index (κ1) is 28.6. The average molecular weight is 535 g/mol. The zero-order chi connectivity index (χ0) is 27.8. The van der Waals surface area contributed by atoms with Crippen LogP contribution in [0.2, 0.25) is 0 Å². The Bertz CT molecular complexity index is 1220. The number of nitrogens with zero attached hydrogens (tertiary/aromatic N) is 2. The summed E-state index contributed by atoms with van der Waals surface area (Å²) >= 11 is 0. The lowest BCUT2D eigenvalue weighted by Crippen LogP contribution is -2.52. The van der Waals surface area contributed by atoms with Gasteiger partial charge in [0.15, 0.2) is 6.10 Å². The average Bonchev–Trinajstić information content (AvgIpc) is 2.80. The van der Waals surface area contributed by atoms with E-state index in [-0.39, 0.29) is 11.4 Å². The van der Waals surface area contributed by atoms with Gasteiger partial charge in [0.05, 0.1) is 19.1 Å². The first-order valence-electron chi connectivity index (χ1n) is 12.1. The van der Waals surface area contributed by atoms with Crippen LogP contribution in [0.1, 0.15) is 51.8 Å². The fraction of sp³-hybridized carbons (Fsp3) is 0.519. The number of fused-ring (bicyclic) bond motifs is 1. The topological polar surface area (TPSA) is 106 Å². The van der Waals surface area contributed by atoms with Crippen molar-refractivity contribution in [2.75, 3.05) is 31.3 Å². The van der Waals surface area contributed by atoms with Gasteiger partial charge in [0.2, 0.25) is 10.0 Å². The van der Waals surface area contributed by atoms with Crippen LogP contribution in [0.25, 0.3) is 0 Å². The van der Waals surface area contributed by atoms with Crippen LogP contribution in [-0.2, 0) is 21.2 Å². The van der Waals surface area contributed by atoms with Crippen molar-refractivity contribution in [2.24, 2.45) is 0 Å². The first-order valence-corrected chi connectivity index (χ1v) is 14.0. The molecule has 0 bridgehead atoms. The number of sulfonamides is 1. The lowest BCUT2D eigenvalue weighted by Gasteiger charge is -2.43. The van der Waals surface area contributed by atoms with Crippen molar-refractivity contribution in [3.8, 4) is 11.5 Å². The van der Waals surface area contributed by atoms with Crippen LogP contribution in [0.4, 0.5) is 10.5 Å². The highest BCUT2D eigenvalue weighted by Crippen LogP contribution is 2.47. The van der Waals surface area contributed by atoms with Gasteiger partial charge in [0.1, 0.15) is 23.2 Å². The fourth-order valence-corrected chi connectivity index (χ4v) is 4.73. The minimum atomic E-state index is -3.59. The zero-order valence-electron chi connectivity index (χ0n) is 22.8. The quantitative estimate of drug-likeness (QED) is 0.569. The summed E-state index contributed by atoms with van der Waals surface area (Å²) in [6, 6.07) is 12.9. The standard InChI is InChI=1S/C27H38N2O7S/c1-26(2,3)29(15-14-18-12-10-9-11-13-18)25(31)35-23-19-16-22(34-7)20(28(6)37(8,32)33)17-21(19)36-27(4,5)24(23)30/h9-13,16-17,23-24,30H,14-15H2,1-8H3/t23-,24+/m0/s1. The van der Waals surface area contributed by atoms with Crippen LogP contribution in [0, 0.1) is 0 Å². The minimum Gasteiger partial charge on any atom is -0.495 e. The smallest absolute Gasteiger partial charge is 0.410 e. The Balaban J connectivity index is 1.98. The molecule has 0 saturated heterocycles. The second-order valence-electron chi connectivity index (χ2n) is 10.8. The fourth-order valence-electron chi connectivity index (χ4n) is 4.23. The largest absolute Gasteiger partial charge is 0.495 e. The van der Waals surface area contributed by atoms with Crippen molar-refractivity contribution < 1.29 is 32.5 Å². The van der Waals surface area contributed by atoms with Gasteiger partial charge in [-0.15, -0.1) is 0 Å². The van der Waals surface area contributed by atoms with E-state index in [1.807, 2.05) is 51.1 Å². The van der Waals surface area contributed by atoms with E-state index in [2.05, 4.69) is 0 Å². The Morgan fingerprint density at radius 1 is 1.16 bits per heavy atom. The molecule has 1 aliphatic heterocycles. The van der Waals surface area contributed by atoms with Gasteiger partial charge in [-0.05, 0) is 52.7 Å². The van der Waals surface area contributed by atoms with E-state index >= 15 is 0 Å². The number of carbonyl (C=O) groups is 1. The summed E-state index contributed by atoms with van der Waals surface area (Å²) in [4.78, 5) is 15.2. The van der Waals surface area contributed by atoms with Gasteiger partial charge in [-0.25, -0.2) is 13.2 Å². The van der Waals surface area contributed by atoms with Crippen LogP contribution in [-0.4, -0.2) is 68.7 Å². The summed E-state index contributed by atoms with van der Waals surface area (Å²) in [7, 11) is -0.763. The number of hydrogen-bond donors (Lipinski definition) is 1. The van der Waals surface area contributed by atoms with Crippen molar-refractivity contribution in [3.63, 3.8) is 0 Å². The maximum absolute atomic E-state index is 13.5. The highest BCUT2D eigenvalue weighted by molar-refractivity contribution is 7.92. The molecule has 0 fully saturated rings.